The average molecular weight is 340 g/mol. The van der Waals surface area contributed by atoms with Gasteiger partial charge in [-0.15, -0.1) is 11.3 Å². The first kappa shape index (κ1) is 15.7. The third-order valence-electron chi connectivity index (χ3n) is 2.92. The van der Waals surface area contributed by atoms with E-state index in [1.807, 2.05) is 0 Å². The predicted octanol–water partition coefficient (Wildman–Crippen LogP) is 1.27. The predicted molar refractivity (Wildman–Crippen MR) is 74.6 cm³/mol. The Morgan fingerprint density at radius 1 is 1.60 bits per heavy atom. The highest BCUT2D eigenvalue weighted by Gasteiger charge is 2.35. The molecule has 2 rings (SSSR count). The Bertz CT molecular complexity index is 593. The number of ether oxygens (including phenoxy) is 2. The molecule has 1 aromatic rings. The van der Waals surface area contributed by atoms with Crippen molar-refractivity contribution in [3.63, 3.8) is 0 Å². The van der Waals surface area contributed by atoms with Gasteiger partial charge in [0, 0.05) is 6.54 Å². The van der Waals surface area contributed by atoms with Crippen LogP contribution in [0, 0.1) is 6.92 Å². The van der Waals surface area contributed by atoms with Gasteiger partial charge in [-0.05, 0) is 18.6 Å². The van der Waals surface area contributed by atoms with Gasteiger partial charge in [-0.1, -0.05) is 11.6 Å². The van der Waals surface area contributed by atoms with Crippen LogP contribution in [0.2, 0.25) is 4.34 Å². The van der Waals surface area contributed by atoms with Crippen molar-refractivity contribution in [1.29, 1.82) is 0 Å². The van der Waals surface area contributed by atoms with E-state index in [0.29, 0.717) is 9.90 Å². The number of carbonyl (C=O) groups is 1. The molecule has 1 aromatic heterocycles. The molecule has 0 radical (unpaired) electrons. The van der Waals surface area contributed by atoms with E-state index in [1.54, 1.807) is 6.92 Å². The van der Waals surface area contributed by atoms with Gasteiger partial charge in [0.05, 0.1) is 24.6 Å². The summed E-state index contributed by atoms with van der Waals surface area (Å²) in [7, 11) is -2.42. The zero-order chi connectivity index (χ0) is 14.9. The average Bonchev–Trinajstić information content (AvgIpc) is 2.78. The lowest BCUT2D eigenvalue weighted by molar-refractivity contribution is -0.157. The molecule has 0 aromatic carbocycles. The van der Waals surface area contributed by atoms with E-state index in [4.69, 9.17) is 16.3 Å². The number of hydrogen-bond acceptors (Lipinski definition) is 6. The molecular weight excluding hydrogens is 326 g/mol. The third-order valence-corrected chi connectivity index (χ3v) is 6.79. The smallest absolute Gasteiger partial charge is 0.336 e. The molecule has 1 fully saturated rings. The van der Waals surface area contributed by atoms with Crippen molar-refractivity contribution < 1.29 is 22.7 Å². The zero-order valence-electron chi connectivity index (χ0n) is 11.0. The summed E-state index contributed by atoms with van der Waals surface area (Å²) in [6.07, 6.45) is -0.889. The van der Waals surface area contributed by atoms with Crippen LogP contribution in [0.3, 0.4) is 0 Å². The lowest BCUT2D eigenvalue weighted by atomic mass is 10.3. The number of sulfonamides is 1. The Morgan fingerprint density at radius 2 is 2.30 bits per heavy atom. The maximum Gasteiger partial charge on any atom is 0.336 e. The first-order chi connectivity index (χ1) is 9.36. The largest absolute Gasteiger partial charge is 0.467 e. The summed E-state index contributed by atoms with van der Waals surface area (Å²) in [6.45, 7) is 2.04. The molecular formula is C11H14ClNO5S2. The highest BCUT2D eigenvalue weighted by Crippen LogP contribution is 2.32. The van der Waals surface area contributed by atoms with Crippen molar-refractivity contribution in [2.75, 3.05) is 26.8 Å². The monoisotopic (exact) mass is 339 g/mol. The van der Waals surface area contributed by atoms with Gasteiger partial charge in [0.15, 0.2) is 6.10 Å². The topological polar surface area (TPSA) is 72.9 Å². The SMILES string of the molecule is COC(=O)C1CN(S(=O)(=O)c2cc(C)c(Cl)s2)CCO1. The Labute approximate surface area is 126 Å². The molecule has 1 atom stereocenters. The number of carbonyl (C=O) groups excluding carboxylic acids is 1. The maximum absolute atomic E-state index is 12.5. The van der Waals surface area contributed by atoms with Crippen LogP contribution in [-0.4, -0.2) is 51.6 Å². The summed E-state index contributed by atoms with van der Waals surface area (Å²) in [6, 6.07) is 1.53. The summed E-state index contributed by atoms with van der Waals surface area (Å²) < 4.78 is 36.6. The number of thiophene rings is 1. The molecule has 0 bridgehead atoms. The van der Waals surface area contributed by atoms with Crippen molar-refractivity contribution >= 4 is 38.9 Å². The number of halogens is 1. The molecule has 1 unspecified atom stereocenters. The molecule has 0 spiro atoms. The zero-order valence-corrected chi connectivity index (χ0v) is 13.3. The Hall–Kier alpha value is -0.670. The molecule has 0 amide bonds. The molecule has 1 aliphatic heterocycles. The van der Waals surface area contributed by atoms with Crippen molar-refractivity contribution in [3.05, 3.63) is 16.0 Å². The number of aryl methyl sites for hydroxylation is 1. The number of rotatable bonds is 3. The van der Waals surface area contributed by atoms with E-state index >= 15 is 0 Å². The Morgan fingerprint density at radius 3 is 2.85 bits per heavy atom. The van der Waals surface area contributed by atoms with Gasteiger partial charge >= 0.3 is 5.97 Å². The fraction of sp³-hybridized carbons (Fsp3) is 0.545. The molecule has 0 N–H and O–H groups in total. The first-order valence-electron chi connectivity index (χ1n) is 5.81. The second-order valence-corrected chi connectivity index (χ2v) is 8.09. The van der Waals surface area contributed by atoms with E-state index in [9.17, 15) is 13.2 Å². The Kier molecular flexibility index (Phi) is 4.70. The molecule has 1 saturated heterocycles. The van der Waals surface area contributed by atoms with Crippen molar-refractivity contribution in [2.45, 2.75) is 17.2 Å². The molecule has 6 nitrogen and oxygen atoms in total. The number of methoxy groups -OCH3 is 1. The lowest BCUT2D eigenvalue weighted by Gasteiger charge is -2.30. The maximum atomic E-state index is 12.5. The highest BCUT2D eigenvalue weighted by molar-refractivity contribution is 7.91. The molecule has 9 heteroatoms. The third kappa shape index (κ3) is 2.99. The second kappa shape index (κ2) is 5.98. The minimum atomic E-state index is -3.66. The minimum absolute atomic E-state index is 0.0520. The first-order valence-corrected chi connectivity index (χ1v) is 8.45. The standard InChI is InChI=1S/C11H14ClNO5S2/c1-7-5-9(19-10(7)12)20(15,16)13-3-4-18-8(6-13)11(14)17-2/h5,8H,3-4,6H2,1-2H3. The van der Waals surface area contributed by atoms with Gasteiger partial charge in [0.25, 0.3) is 10.0 Å². The van der Waals surface area contributed by atoms with E-state index in [2.05, 4.69) is 4.74 Å². The van der Waals surface area contributed by atoms with Gasteiger partial charge in [-0.25, -0.2) is 13.2 Å². The summed E-state index contributed by atoms with van der Waals surface area (Å²) in [5.41, 5.74) is 0.716. The van der Waals surface area contributed by atoms with Crippen LogP contribution in [0.5, 0.6) is 0 Å². The van der Waals surface area contributed by atoms with E-state index in [0.717, 1.165) is 11.3 Å². The summed E-state index contributed by atoms with van der Waals surface area (Å²) in [5, 5.41) is 0. The van der Waals surface area contributed by atoms with Crippen LogP contribution in [0.25, 0.3) is 0 Å². The molecule has 1 aliphatic rings. The van der Waals surface area contributed by atoms with Crippen LogP contribution in [0.15, 0.2) is 10.3 Å². The van der Waals surface area contributed by atoms with Crippen LogP contribution in [0.1, 0.15) is 5.56 Å². The number of esters is 1. The molecule has 20 heavy (non-hydrogen) atoms. The number of nitrogens with zero attached hydrogens (tertiary/aromatic N) is 1. The Balaban J connectivity index is 2.23. The fourth-order valence-corrected chi connectivity index (χ4v) is 5.09. The van der Waals surface area contributed by atoms with Crippen molar-refractivity contribution in [3.8, 4) is 0 Å². The minimum Gasteiger partial charge on any atom is -0.467 e. The van der Waals surface area contributed by atoms with Gasteiger partial charge in [0.2, 0.25) is 0 Å². The number of morpholine rings is 1. The lowest BCUT2D eigenvalue weighted by Crippen LogP contribution is -2.48. The molecule has 112 valence electrons. The van der Waals surface area contributed by atoms with Crippen LogP contribution in [-0.2, 0) is 24.3 Å². The molecule has 2 heterocycles. The van der Waals surface area contributed by atoms with Crippen LogP contribution >= 0.6 is 22.9 Å². The van der Waals surface area contributed by atoms with E-state index in [1.165, 1.54) is 17.5 Å². The quantitative estimate of drug-likeness (QED) is 0.775. The fourth-order valence-electron chi connectivity index (χ4n) is 1.80. The van der Waals surface area contributed by atoms with E-state index in [-0.39, 0.29) is 23.9 Å². The summed E-state index contributed by atoms with van der Waals surface area (Å²) in [4.78, 5) is 11.4. The van der Waals surface area contributed by atoms with Gasteiger partial charge in [-0.3, -0.25) is 0 Å². The highest BCUT2D eigenvalue weighted by atomic mass is 35.5. The van der Waals surface area contributed by atoms with E-state index < -0.39 is 22.1 Å². The van der Waals surface area contributed by atoms with Gasteiger partial charge in [-0.2, -0.15) is 4.31 Å². The molecule has 0 aliphatic carbocycles. The van der Waals surface area contributed by atoms with Crippen LogP contribution < -0.4 is 0 Å². The molecule has 0 saturated carbocycles. The van der Waals surface area contributed by atoms with Crippen molar-refractivity contribution in [1.82, 2.24) is 4.31 Å². The van der Waals surface area contributed by atoms with Crippen LogP contribution in [0.4, 0.5) is 0 Å². The van der Waals surface area contributed by atoms with Crippen molar-refractivity contribution in [2.24, 2.45) is 0 Å². The van der Waals surface area contributed by atoms with Gasteiger partial charge in [0.1, 0.15) is 4.21 Å². The summed E-state index contributed by atoms with van der Waals surface area (Å²) >= 11 is 6.92. The summed E-state index contributed by atoms with van der Waals surface area (Å²) in [5.74, 6) is -0.578. The number of hydrogen-bond donors (Lipinski definition) is 0. The normalized spacial score (nSPS) is 20.9. The van der Waals surface area contributed by atoms with Gasteiger partial charge < -0.3 is 9.47 Å². The second-order valence-electron chi connectivity index (χ2n) is 4.27.